The van der Waals surface area contributed by atoms with Crippen molar-refractivity contribution in [2.24, 2.45) is 0 Å². The average molecular weight is 436 g/mol. The molecule has 0 atom stereocenters. The number of fused-ring (bicyclic) bond motifs is 1. The van der Waals surface area contributed by atoms with Gasteiger partial charge in [0, 0.05) is 53.7 Å². The van der Waals surface area contributed by atoms with Gasteiger partial charge >= 0.3 is 0 Å². The lowest BCUT2D eigenvalue weighted by atomic mass is 10.0. The van der Waals surface area contributed by atoms with Gasteiger partial charge in [0.05, 0.1) is 22.5 Å². The fraction of sp³-hybridized carbons (Fsp3) is 0.619. The van der Waals surface area contributed by atoms with Crippen molar-refractivity contribution in [3.8, 4) is 0 Å². The van der Waals surface area contributed by atoms with Crippen molar-refractivity contribution in [1.82, 2.24) is 23.7 Å². The molecule has 9 heteroatoms. The van der Waals surface area contributed by atoms with Gasteiger partial charge < -0.3 is 9.47 Å². The maximum Gasteiger partial charge on any atom is 0.242 e. The van der Waals surface area contributed by atoms with Crippen molar-refractivity contribution in [1.29, 1.82) is 0 Å². The van der Waals surface area contributed by atoms with Crippen molar-refractivity contribution in [2.75, 3.05) is 34.2 Å². The molecule has 3 rings (SSSR count). The zero-order chi connectivity index (χ0) is 22.1. The Morgan fingerprint density at radius 3 is 2.43 bits per heavy atom. The van der Waals surface area contributed by atoms with Gasteiger partial charge in [-0.25, -0.2) is 17.7 Å². The number of amides is 1. The topological polar surface area (TPSA) is 78.8 Å². The van der Waals surface area contributed by atoms with Crippen LogP contribution in [0.1, 0.15) is 38.9 Å². The van der Waals surface area contributed by atoms with Gasteiger partial charge in [-0.2, -0.15) is 0 Å². The Morgan fingerprint density at radius 1 is 1.20 bits per heavy atom. The third-order valence-electron chi connectivity index (χ3n) is 5.99. The van der Waals surface area contributed by atoms with Crippen LogP contribution in [0.25, 0.3) is 11.0 Å². The molecule has 1 aliphatic heterocycles. The molecule has 30 heavy (non-hydrogen) atoms. The maximum absolute atomic E-state index is 12.5. The number of hydrogen-bond donors (Lipinski definition) is 0. The maximum atomic E-state index is 12.5. The molecule has 1 aromatic heterocycles. The van der Waals surface area contributed by atoms with Gasteiger partial charge in [-0.3, -0.25) is 9.69 Å². The zero-order valence-corrected chi connectivity index (χ0v) is 19.4. The molecule has 0 radical (unpaired) electrons. The van der Waals surface area contributed by atoms with Gasteiger partial charge in [-0.05, 0) is 37.5 Å². The summed E-state index contributed by atoms with van der Waals surface area (Å²) in [4.78, 5) is 20.9. The number of carbonyl (C=O) groups is 1. The van der Waals surface area contributed by atoms with E-state index in [2.05, 4.69) is 16.4 Å². The molecular formula is C21H33N5O3S. The van der Waals surface area contributed by atoms with Crippen LogP contribution in [-0.4, -0.2) is 78.3 Å². The number of hydrogen-bond acceptors (Lipinski definition) is 5. The van der Waals surface area contributed by atoms with Crippen LogP contribution in [0.15, 0.2) is 23.1 Å². The minimum Gasteiger partial charge on any atom is -0.343 e. The molecule has 0 bridgehead atoms. The number of benzene rings is 1. The summed E-state index contributed by atoms with van der Waals surface area (Å²) in [7, 11) is 1.46. The highest BCUT2D eigenvalue weighted by atomic mass is 32.2. The predicted octanol–water partition coefficient (Wildman–Crippen LogP) is 2.14. The summed E-state index contributed by atoms with van der Waals surface area (Å²) >= 11 is 0. The quantitative estimate of drug-likeness (QED) is 0.666. The molecule has 0 saturated carbocycles. The smallest absolute Gasteiger partial charge is 0.242 e. The second-order valence-corrected chi connectivity index (χ2v) is 10.4. The molecule has 0 spiro atoms. The highest BCUT2D eigenvalue weighted by Crippen LogP contribution is 2.24. The Balaban J connectivity index is 1.83. The van der Waals surface area contributed by atoms with E-state index >= 15 is 0 Å². The summed E-state index contributed by atoms with van der Waals surface area (Å²) in [6, 6.07) is 5.51. The van der Waals surface area contributed by atoms with E-state index in [9.17, 15) is 13.2 Å². The van der Waals surface area contributed by atoms with Crippen LogP contribution in [0.3, 0.4) is 0 Å². The monoisotopic (exact) mass is 435 g/mol. The number of piperidine rings is 1. The first-order chi connectivity index (χ1) is 14.1. The Morgan fingerprint density at radius 2 is 1.87 bits per heavy atom. The minimum atomic E-state index is -3.49. The Bertz CT molecular complexity index is 1010. The third-order valence-corrected chi connectivity index (χ3v) is 7.80. The van der Waals surface area contributed by atoms with Crippen LogP contribution >= 0.6 is 0 Å². The fourth-order valence-electron chi connectivity index (χ4n) is 4.05. The van der Waals surface area contributed by atoms with E-state index in [4.69, 9.17) is 4.98 Å². The van der Waals surface area contributed by atoms with Gasteiger partial charge in [0.25, 0.3) is 0 Å². The second-order valence-electron chi connectivity index (χ2n) is 8.25. The SMILES string of the molecule is CCCn1c(CN2CCC(N(C)C(C)=O)CC2)nc2cc(S(=O)(=O)N(C)C)ccc21. The normalized spacial score (nSPS) is 16.5. The summed E-state index contributed by atoms with van der Waals surface area (Å²) in [6.45, 7) is 7.14. The number of aromatic nitrogens is 2. The van der Waals surface area contributed by atoms with Crippen LogP contribution in [0.5, 0.6) is 0 Å². The van der Waals surface area contributed by atoms with E-state index in [0.29, 0.717) is 11.6 Å². The summed E-state index contributed by atoms with van der Waals surface area (Å²) in [6.07, 6.45) is 2.88. The summed E-state index contributed by atoms with van der Waals surface area (Å²) in [5.41, 5.74) is 1.68. The largest absolute Gasteiger partial charge is 0.343 e. The van der Waals surface area contributed by atoms with Crippen LogP contribution in [0.2, 0.25) is 0 Å². The molecule has 166 valence electrons. The first-order valence-corrected chi connectivity index (χ1v) is 12.0. The van der Waals surface area contributed by atoms with E-state index < -0.39 is 10.0 Å². The van der Waals surface area contributed by atoms with E-state index in [1.54, 1.807) is 19.1 Å². The van der Waals surface area contributed by atoms with Gasteiger partial charge in [0.15, 0.2) is 0 Å². The molecule has 2 heterocycles. The molecule has 8 nitrogen and oxygen atoms in total. The van der Waals surface area contributed by atoms with E-state index in [1.807, 2.05) is 18.0 Å². The molecule has 1 amide bonds. The lowest BCUT2D eigenvalue weighted by Gasteiger charge is -2.36. The molecule has 1 saturated heterocycles. The van der Waals surface area contributed by atoms with Crippen LogP contribution in [0.4, 0.5) is 0 Å². The minimum absolute atomic E-state index is 0.113. The number of aryl methyl sites for hydroxylation is 1. The first-order valence-electron chi connectivity index (χ1n) is 10.5. The highest BCUT2D eigenvalue weighted by molar-refractivity contribution is 7.89. The molecule has 0 unspecified atom stereocenters. The van der Waals surface area contributed by atoms with Crippen LogP contribution < -0.4 is 0 Å². The molecule has 1 aliphatic rings. The standard InChI is InChI=1S/C21H33N5O3S/c1-6-11-26-20-8-7-18(30(28,29)23(3)4)14-19(20)22-21(26)15-25-12-9-17(10-13-25)24(5)16(2)27/h7-8,14,17H,6,9-13,15H2,1-5H3. The lowest BCUT2D eigenvalue weighted by Crippen LogP contribution is -2.44. The van der Waals surface area contributed by atoms with Crippen molar-refractivity contribution >= 4 is 27.0 Å². The van der Waals surface area contributed by atoms with Crippen molar-refractivity contribution in [2.45, 2.75) is 57.1 Å². The predicted molar refractivity (Wildman–Crippen MR) is 118 cm³/mol. The highest BCUT2D eigenvalue weighted by Gasteiger charge is 2.25. The number of imidazole rings is 1. The summed E-state index contributed by atoms with van der Waals surface area (Å²) < 4.78 is 28.4. The van der Waals surface area contributed by atoms with Gasteiger partial charge in [-0.15, -0.1) is 0 Å². The number of rotatable bonds is 7. The second kappa shape index (κ2) is 9.03. The summed E-state index contributed by atoms with van der Waals surface area (Å²) in [5, 5.41) is 0. The van der Waals surface area contributed by atoms with E-state index in [0.717, 1.165) is 56.8 Å². The Kier molecular flexibility index (Phi) is 6.84. The van der Waals surface area contributed by atoms with E-state index in [-0.39, 0.29) is 10.8 Å². The molecule has 1 aromatic carbocycles. The lowest BCUT2D eigenvalue weighted by molar-refractivity contribution is -0.130. The summed E-state index contributed by atoms with van der Waals surface area (Å²) in [5.74, 6) is 1.08. The average Bonchev–Trinajstić information content (AvgIpc) is 3.04. The molecule has 0 N–H and O–H groups in total. The number of sulfonamides is 1. The first kappa shape index (κ1) is 22.7. The fourth-order valence-corrected chi connectivity index (χ4v) is 4.97. The molecule has 0 aliphatic carbocycles. The van der Waals surface area contributed by atoms with Gasteiger partial charge in [0.1, 0.15) is 5.82 Å². The van der Waals surface area contributed by atoms with Crippen molar-refractivity contribution in [3.63, 3.8) is 0 Å². The van der Waals surface area contributed by atoms with Crippen molar-refractivity contribution < 1.29 is 13.2 Å². The zero-order valence-electron chi connectivity index (χ0n) is 18.6. The van der Waals surface area contributed by atoms with Gasteiger partial charge in [0.2, 0.25) is 15.9 Å². The third kappa shape index (κ3) is 4.53. The van der Waals surface area contributed by atoms with Gasteiger partial charge in [-0.1, -0.05) is 6.92 Å². The number of nitrogens with zero attached hydrogens (tertiary/aromatic N) is 5. The molecule has 2 aromatic rings. The van der Waals surface area contributed by atoms with Crippen molar-refractivity contribution in [3.05, 3.63) is 24.0 Å². The van der Waals surface area contributed by atoms with E-state index in [1.165, 1.54) is 18.4 Å². The molecular weight excluding hydrogens is 402 g/mol. The number of likely N-dealkylation sites (tertiary alicyclic amines) is 1. The molecule has 1 fully saturated rings. The Hall–Kier alpha value is -1.97. The van der Waals surface area contributed by atoms with Crippen LogP contribution in [0, 0.1) is 0 Å². The number of carbonyl (C=O) groups excluding carboxylic acids is 1. The Labute approximate surface area is 179 Å². The van der Waals surface area contributed by atoms with Crippen LogP contribution in [-0.2, 0) is 27.9 Å².